The summed E-state index contributed by atoms with van der Waals surface area (Å²) in [5.74, 6) is -0.0143. The monoisotopic (exact) mass is 655 g/mol. The van der Waals surface area contributed by atoms with Crippen LogP contribution in [0.5, 0.6) is 5.75 Å². The number of aryl methyl sites for hydroxylation is 2. The molecule has 0 saturated heterocycles. The summed E-state index contributed by atoms with van der Waals surface area (Å²) in [4.78, 5) is 30.2. The van der Waals surface area contributed by atoms with Gasteiger partial charge >= 0.3 is 0 Å². The molecule has 0 aromatic heterocycles. The van der Waals surface area contributed by atoms with Gasteiger partial charge < -0.3 is 15.0 Å². The Kier molecular flexibility index (Phi) is 11.8. The quantitative estimate of drug-likeness (QED) is 0.174. The van der Waals surface area contributed by atoms with Gasteiger partial charge in [-0.05, 0) is 79.3 Å². The van der Waals surface area contributed by atoms with E-state index in [9.17, 15) is 18.0 Å². The lowest BCUT2D eigenvalue weighted by atomic mass is 10.0. The predicted octanol–water partition coefficient (Wildman–Crippen LogP) is 6.23. The molecule has 0 fully saturated rings. The van der Waals surface area contributed by atoms with E-state index in [1.807, 2.05) is 95.3 Å². The summed E-state index contributed by atoms with van der Waals surface area (Å²) in [6.45, 7) is 9.63. The molecule has 0 heterocycles. The van der Waals surface area contributed by atoms with Gasteiger partial charge in [-0.2, -0.15) is 0 Å². The van der Waals surface area contributed by atoms with Crippen molar-refractivity contribution in [2.45, 2.75) is 58.5 Å². The third-order valence-electron chi connectivity index (χ3n) is 8.18. The highest BCUT2D eigenvalue weighted by Crippen LogP contribution is 2.30. The number of carbonyl (C=O) groups excluding carboxylic acids is 2. The highest BCUT2D eigenvalue weighted by atomic mass is 32.2. The number of ether oxygens (including phenoxy) is 1. The molecule has 4 aromatic carbocycles. The molecule has 4 aromatic rings. The second kappa shape index (κ2) is 15.8. The standard InChI is InChI=1S/C38H45N3O5S/c1-27(2)24-39-38(43)36(23-31-13-8-7-9-14-31)40(25-32-15-11-16-33(22-32)46-6)37(42)26-41(35-17-10-12-29(4)30(35)5)47(44,45)34-20-18-28(3)19-21-34/h7-22,27,36H,23-26H2,1-6H3,(H,39,43)/t36-/m0/s1. The predicted molar refractivity (Wildman–Crippen MR) is 187 cm³/mol. The molecule has 248 valence electrons. The number of benzene rings is 4. The van der Waals surface area contributed by atoms with Gasteiger partial charge in [0.15, 0.2) is 0 Å². The molecule has 1 N–H and O–H groups in total. The molecular formula is C38H45N3O5S. The van der Waals surface area contributed by atoms with Crippen molar-refractivity contribution in [1.29, 1.82) is 0 Å². The van der Waals surface area contributed by atoms with Crippen molar-refractivity contribution in [3.8, 4) is 5.75 Å². The second-order valence-corrected chi connectivity index (χ2v) is 14.1. The first-order chi connectivity index (χ1) is 22.4. The molecule has 0 radical (unpaired) electrons. The van der Waals surface area contributed by atoms with Crippen LogP contribution in [-0.4, -0.2) is 51.4 Å². The van der Waals surface area contributed by atoms with E-state index in [4.69, 9.17) is 4.74 Å². The molecule has 9 heteroatoms. The Balaban J connectivity index is 1.84. The average molecular weight is 656 g/mol. The zero-order valence-corrected chi connectivity index (χ0v) is 28.9. The van der Waals surface area contributed by atoms with E-state index in [0.717, 1.165) is 27.8 Å². The number of sulfonamides is 1. The maximum Gasteiger partial charge on any atom is 0.264 e. The van der Waals surface area contributed by atoms with Crippen LogP contribution in [0.15, 0.2) is 102 Å². The Labute approximate surface area is 279 Å². The zero-order valence-electron chi connectivity index (χ0n) is 28.1. The number of methoxy groups -OCH3 is 1. The molecule has 1 atom stereocenters. The minimum atomic E-state index is -4.18. The maximum atomic E-state index is 14.7. The fourth-order valence-corrected chi connectivity index (χ4v) is 6.77. The Morgan fingerprint density at radius 2 is 1.49 bits per heavy atom. The molecule has 0 aliphatic heterocycles. The molecule has 2 amide bonds. The van der Waals surface area contributed by atoms with E-state index in [1.54, 1.807) is 43.5 Å². The summed E-state index contributed by atoms with van der Waals surface area (Å²) in [5, 5.41) is 3.02. The average Bonchev–Trinajstić information content (AvgIpc) is 3.06. The summed E-state index contributed by atoms with van der Waals surface area (Å²) in [6.07, 6.45) is 0.245. The zero-order chi connectivity index (χ0) is 34.1. The Hall–Kier alpha value is -4.63. The van der Waals surface area contributed by atoms with Crippen LogP contribution >= 0.6 is 0 Å². The molecule has 0 aliphatic rings. The van der Waals surface area contributed by atoms with Gasteiger partial charge in [-0.15, -0.1) is 0 Å². The topological polar surface area (TPSA) is 96.0 Å². The SMILES string of the molecule is COc1cccc(CN(C(=O)CN(c2cccc(C)c2C)S(=O)(=O)c2ccc(C)cc2)[C@@H](Cc2ccccc2)C(=O)NCC(C)C)c1. The summed E-state index contributed by atoms with van der Waals surface area (Å²) < 4.78 is 35.3. The Morgan fingerprint density at radius 1 is 0.830 bits per heavy atom. The molecule has 47 heavy (non-hydrogen) atoms. The Morgan fingerprint density at radius 3 is 2.15 bits per heavy atom. The van der Waals surface area contributed by atoms with E-state index in [-0.39, 0.29) is 29.7 Å². The number of anilines is 1. The molecule has 0 aliphatic carbocycles. The van der Waals surface area contributed by atoms with Crippen LogP contribution in [0.4, 0.5) is 5.69 Å². The lowest BCUT2D eigenvalue weighted by molar-refractivity contribution is -0.140. The molecule has 4 rings (SSSR count). The number of rotatable bonds is 14. The van der Waals surface area contributed by atoms with Crippen molar-refractivity contribution >= 4 is 27.5 Å². The van der Waals surface area contributed by atoms with Crippen LogP contribution in [0.1, 0.15) is 41.7 Å². The van der Waals surface area contributed by atoms with Crippen LogP contribution in [0.25, 0.3) is 0 Å². The summed E-state index contributed by atoms with van der Waals surface area (Å²) in [5.41, 5.74) is 4.57. The van der Waals surface area contributed by atoms with Crippen molar-refractivity contribution in [3.05, 3.63) is 125 Å². The summed E-state index contributed by atoms with van der Waals surface area (Å²) >= 11 is 0. The fraction of sp³-hybridized carbons (Fsp3) is 0.316. The van der Waals surface area contributed by atoms with E-state index >= 15 is 0 Å². The van der Waals surface area contributed by atoms with Crippen LogP contribution in [-0.2, 0) is 32.6 Å². The van der Waals surface area contributed by atoms with Gasteiger partial charge in [0.2, 0.25) is 11.8 Å². The van der Waals surface area contributed by atoms with Gasteiger partial charge in [0.05, 0.1) is 17.7 Å². The van der Waals surface area contributed by atoms with Crippen LogP contribution in [0.3, 0.4) is 0 Å². The molecule has 0 bridgehead atoms. The van der Waals surface area contributed by atoms with Gasteiger partial charge in [-0.1, -0.05) is 86.1 Å². The summed E-state index contributed by atoms with van der Waals surface area (Å²) in [7, 11) is -2.62. The van der Waals surface area contributed by atoms with Gasteiger partial charge in [0.1, 0.15) is 18.3 Å². The maximum absolute atomic E-state index is 14.7. The number of amides is 2. The normalized spacial score (nSPS) is 12.0. The van der Waals surface area contributed by atoms with Crippen LogP contribution < -0.4 is 14.4 Å². The minimum Gasteiger partial charge on any atom is -0.497 e. The molecular weight excluding hydrogens is 611 g/mol. The second-order valence-electron chi connectivity index (χ2n) is 12.3. The Bertz CT molecular complexity index is 1770. The number of hydrogen-bond donors (Lipinski definition) is 1. The molecule has 0 spiro atoms. The fourth-order valence-electron chi connectivity index (χ4n) is 5.30. The molecule has 0 unspecified atom stereocenters. The van der Waals surface area contributed by atoms with Gasteiger partial charge in [-0.3, -0.25) is 13.9 Å². The van der Waals surface area contributed by atoms with E-state index in [2.05, 4.69) is 5.32 Å². The van der Waals surface area contributed by atoms with E-state index in [0.29, 0.717) is 18.0 Å². The van der Waals surface area contributed by atoms with Gasteiger partial charge in [0, 0.05) is 19.5 Å². The number of nitrogens with zero attached hydrogens (tertiary/aromatic N) is 2. The largest absolute Gasteiger partial charge is 0.497 e. The minimum absolute atomic E-state index is 0.0633. The van der Waals surface area contributed by atoms with Crippen molar-refractivity contribution in [2.75, 3.05) is 24.5 Å². The molecule has 0 saturated carbocycles. The van der Waals surface area contributed by atoms with E-state index in [1.165, 1.54) is 9.21 Å². The van der Waals surface area contributed by atoms with Crippen LogP contribution in [0.2, 0.25) is 0 Å². The lowest BCUT2D eigenvalue weighted by Gasteiger charge is -2.34. The highest BCUT2D eigenvalue weighted by Gasteiger charge is 2.35. The smallest absolute Gasteiger partial charge is 0.264 e. The first-order valence-electron chi connectivity index (χ1n) is 15.8. The van der Waals surface area contributed by atoms with Crippen molar-refractivity contribution in [3.63, 3.8) is 0 Å². The van der Waals surface area contributed by atoms with Crippen molar-refractivity contribution < 1.29 is 22.7 Å². The van der Waals surface area contributed by atoms with Gasteiger partial charge in [0.25, 0.3) is 10.0 Å². The first kappa shape index (κ1) is 35.2. The number of hydrogen-bond acceptors (Lipinski definition) is 5. The highest BCUT2D eigenvalue weighted by molar-refractivity contribution is 7.92. The van der Waals surface area contributed by atoms with Gasteiger partial charge in [-0.25, -0.2) is 8.42 Å². The van der Waals surface area contributed by atoms with Crippen molar-refractivity contribution in [2.24, 2.45) is 5.92 Å². The summed E-state index contributed by atoms with van der Waals surface area (Å²) in [6, 6.07) is 27.9. The first-order valence-corrected chi connectivity index (χ1v) is 17.2. The third-order valence-corrected chi connectivity index (χ3v) is 9.95. The lowest BCUT2D eigenvalue weighted by Crippen LogP contribution is -2.53. The van der Waals surface area contributed by atoms with Crippen molar-refractivity contribution in [1.82, 2.24) is 10.2 Å². The number of carbonyl (C=O) groups is 2. The third kappa shape index (κ3) is 9.01. The van der Waals surface area contributed by atoms with Crippen LogP contribution in [0, 0.1) is 26.7 Å². The molecule has 8 nitrogen and oxygen atoms in total. The number of nitrogens with one attached hydrogen (secondary N) is 1. The van der Waals surface area contributed by atoms with E-state index < -0.39 is 28.5 Å².